The molecule has 1 rings (SSSR count). The summed E-state index contributed by atoms with van der Waals surface area (Å²) in [7, 11) is 1.59. The monoisotopic (exact) mass is 215 g/mol. The van der Waals surface area contributed by atoms with Gasteiger partial charge in [-0.3, -0.25) is 4.79 Å². The van der Waals surface area contributed by atoms with Crippen molar-refractivity contribution in [2.75, 3.05) is 13.6 Å². The van der Waals surface area contributed by atoms with E-state index in [4.69, 9.17) is 5.11 Å². The molecule has 15 heavy (non-hydrogen) atoms. The molecule has 1 aromatic carbocycles. The highest BCUT2D eigenvalue weighted by Crippen LogP contribution is 2.18. The number of carbonyl (C=O) groups is 1. The van der Waals surface area contributed by atoms with E-state index in [9.17, 15) is 13.6 Å². The summed E-state index contributed by atoms with van der Waals surface area (Å²) in [4.78, 5) is 10.8. The number of hydrogen-bond acceptors (Lipinski definition) is 2. The minimum Gasteiger partial charge on any atom is -0.481 e. The van der Waals surface area contributed by atoms with Crippen LogP contribution in [0.5, 0.6) is 0 Å². The molecule has 0 heterocycles. The highest BCUT2D eigenvalue weighted by Gasteiger charge is 2.20. The highest BCUT2D eigenvalue weighted by molar-refractivity contribution is 5.76. The molecule has 0 bridgehead atoms. The highest BCUT2D eigenvalue weighted by atomic mass is 19.2. The fraction of sp³-hybridized carbons (Fsp3) is 0.300. The summed E-state index contributed by atoms with van der Waals surface area (Å²) < 4.78 is 25.5. The van der Waals surface area contributed by atoms with E-state index in [0.29, 0.717) is 0 Å². The molecule has 0 spiro atoms. The zero-order valence-corrected chi connectivity index (χ0v) is 8.13. The Morgan fingerprint density at radius 3 is 2.60 bits per heavy atom. The van der Waals surface area contributed by atoms with Gasteiger partial charge in [0.1, 0.15) is 0 Å². The second-order valence-corrected chi connectivity index (χ2v) is 3.12. The quantitative estimate of drug-likeness (QED) is 0.797. The van der Waals surface area contributed by atoms with Crippen LogP contribution in [0.3, 0.4) is 0 Å². The third kappa shape index (κ3) is 2.73. The van der Waals surface area contributed by atoms with Crippen molar-refractivity contribution in [2.45, 2.75) is 5.92 Å². The first-order valence-corrected chi connectivity index (χ1v) is 4.38. The van der Waals surface area contributed by atoms with Crippen LogP contribution in [0.1, 0.15) is 11.5 Å². The SMILES string of the molecule is CNCC(C(=O)O)c1ccc(F)c(F)c1. The van der Waals surface area contributed by atoms with Crippen molar-refractivity contribution in [3.8, 4) is 0 Å². The number of rotatable bonds is 4. The third-order valence-electron chi connectivity index (χ3n) is 2.05. The van der Waals surface area contributed by atoms with E-state index < -0.39 is 23.5 Å². The first-order valence-electron chi connectivity index (χ1n) is 4.38. The van der Waals surface area contributed by atoms with Gasteiger partial charge < -0.3 is 10.4 Å². The summed E-state index contributed by atoms with van der Waals surface area (Å²) in [6.45, 7) is 0.167. The van der Waals surface area contributed by atoms with Crippen LogP contribution >= 0.6 is 0 Å². The van der Waals surface area contributed by atoms with Crippen molar-refractivity contribution in [1.82, 2.24) is 5.32 Å². The molecule has 1 atom stereocenters. The molecule has 2 N–H and O–H groups in total. The van der Waals surface area contributed by atoms with Crippen LogP contribution in [0.2, 0.25) is 0 Å². The number of benzene rings is 1. The van der Waals surface area contributed by atoms with Gasteiger partial charge in [0.15, 0.2) is 11.6 Å². The average molecular weight is 215 g/mol. The Balaban J connectivity index is 3.01. The van der Waals surface area contributed by atoms with Gasteiger partial charge in [0.25, 0.3) is 0 Å². The van der Waals surface area contributed by atoms with Crippen LogP contribution in [0, 0.1) is 11.6 Å². The molecule has 82 valence electrons. The van der Waals surface area contributed by atoms with Gasteiger partial charge in [0, 0.05) is 6.54 Å². The summed E-state index contributed by atoms with van der Waals surface area (Å²) >= 11 is 0. The minimum atomic E-state index is -1.07. The summed E-state index contributed by atoms with van der Waals surface area (Å²) in [6, 6.07) is 3.11. The Kier molecular flexibility index (Phi) is 3.74. The van der Waals surface area contributed by atoms with E-state index in [0.717, 1.165) is 12.1 Å². The molecule has 0 saturated carbocycles. The number of hydrogen-bond donors (Lipinski definition) is 2. The van der Waals surface area contributed by atoms with Crippen molar-refractivity contribution in [3.63, 3.8) is 0 Å². The van der Waals surface area contributed by atoms with Gasteiger partial charge >= 0.3 is 5.97 Å². The fourth-order valence-electron chi connectivity index (χ4n) is 1.28. The molecule has 0 aliphatic carbocycles. The normalized spacial score (nSPS) is 12.5. The maximum Gasteiger partial charge on any atom is 0.312 e. The van der Waals surface area contributed by atoms with Crippen LogP contribution in [0.4, 0.5) is 8.78 Å². The first kappa shape index (κ1) is 11.6. The number of carboxylic acid groups (broad SMARTS) is 1. The lowest BCUT2D eigenvalue weighted by Gasteiger charge is -2.12. The van der Waals surface area contributed by atoms with Gasteiger partial charge in [0.2, 0.25) is 0 Å². The molecule has 0 aliphatic rings. The second-order valence-electron chi connectivity index (χ2n) is 3.12. The van der Waals surface area contributed by atoms with Gasteiger partial charge in [0.05, 0.1) is 5.92 Å². The topological polar surface area (TPSA) is 49.3 Å². The molecule has 0 amide bonds. The molecule has 0 aliphatic heterocycles. The lowest BCUT2D eigenvalue weighted by molar-refractivity contribution is -0.138. The molecule has 0 saturated heterocycles. The average Bonchev–Trinajstić information content (AvgIpc) is 2.18. The van der Waals surface area contributed by atoms with Crippen molar-refractivity contribution < 1.29 is 18.7 Å². The third-order valence-corrected chi connectivity index (χ3v) is 2.05. The molecule has 1 unspecified atom stereocenters. The smallest absolute Gasteiger partial charge is 0.312 e. The largest absolute Gasteiger partial charge is 0.481 e. The Labute approximate surface area is 85.7 Å². The molecule has 3 nitrogen and oxygen atoms in total. The van der Waals surface area contributed by atoms with E-state index in [1.54, 1.807) is 7.05 Å². The van der Waals surface area contributed by atoms with Crippen molar-refractivity contribution >= 4 is 5.97 Å². The second kappa shape index (κ2) is 4.84. The van der Waals surface area contributed by atoms with Crippen LogP contribution in [0.25, 0.3) is 0 Å². The van der Waals surface area contributed by atoms with Gasteiger partial charge in [-0.1, -0.05) is 6.07 Å². The maximum atomic E-state index is 12.9. The van der Waals surface area contributed by atoms with E-state index in [1.807, 2.05) is 0 Å². The van der Waals surface area contributed by atoms with Crippen molar-refractivity contribution in [3.05, 3.63) is 35.4 Å². The van der Waals surface area contributed by atoms with Crippen molar-refractivity contribution in [1.29, 1.82) is 0 Å². The van der Waals surface area contributed by atoms with E-state index in [2.05, 4.69) is 5.32 Å². The van der Waals surface area contributed by atoms with Gasteiger partial charge in [-0.15, -0.1) is 0 Å². The number of halogens is 2. The summed E-state index contributed by atoms with van der Waals surface area (Å²) in [6.07, 6.45) is 0. The van der Waals surface area contributed by atoms with Crippen LogP contribution in [-0.2, 0) is 4.79 Å². The molecular weight excluding hydrogens is 204 g/mol. The predicted octanol–water partition coefficient (Wildman–Crippen LogP) is 1.35. The molecule has 5 heteroatoms. The van der Waals surface area contributed by atoms with Crippen LogP contribution in [-0.4, -0.2) is 24.7 Å². The van der Waals surface area contributed by atoms with E-state index in [1.165, 1.54) is 6.07 Å². The number of likely N-dealkylation sites (N-methyl/N-ethyl adjacent to an activating group) is 1. The summed E-state index contributed by atoms with van der Waals surface area (Å²) in [5.74, 6) is -3.96. The fourth-order valence-corrected chi connectivity index (χ4v) is 1.28. The van der Waals surface area contributed by atoms with E-state index >= 15 is 0 Å². The molecule has 0 aromatic heterocycles. The first-order chi connectivity index (χ1) is 7.06. The number of carboxylic acids is 1. The lowest BCUT2D eigenvalue weighted by atomic mass is 9.99. The van der Waals surface area contributed by atoms with Gasteiger partial charge in [-0.25, -0.2) is 8.78 Å². The number of nitrogens with one attached hydrogen (secondary N) is 1. The Bertz CT molecular complexity index is 368. The minimum absolute atomic E-state index is 0.167. The zero-order chi connectivity index (χ0) is 11.4. The summed E-state index contributed by atoms with van der Waals surface area (Å²) in [5.41, 5.74) is 0.246. The number of aliphatic carboxylic acids is 1. The Morgan fingerprint density at radius 1 is 1.47 bits per heavy atom. The lowest BCUT2D eigenvalue weighted by Crippen LogP contribution is -2.24. The Morgan fingerprint density at radius 2 is 2.13 bits per heavy atom. The van der Waals surface area contributed by atoms with Gasteiger partial charge in [-0.2, -0.15) is 0 Å². The van der Waals surface area contributed by atoms with Crippen molar-refractivity contribution in [2.24, 2.45) is 0 Å². The van der Waals surface area contributed by atoms with Crippen LogP contribution < -0.4 is 5.32 Å². The molecule has 0 radical (unpaired) electrons. The predicted molar refractivity (Wildman–Crippen MR) is 50.7 cm³/mol. The van der Waals surface area contributed by atoms with Crippen LogP contribution in [0.15, 0.2) is 18.2 Å². The summed E-state index contributed by atoms with van der Waals surface area (Å²) in [5, 5.41) is 11.5. The van der Waals surface area contributed by atoms with Gasteiger partial charge in [-0.05, 0) is 24.7 Å². The van der Waals surface area contributed by atoms with E-state index in [-0.39, 0.29) is 12.1 Å². The molecule has 1 aromatic rings. The molecular formula is C10H11F2NO2. The molecule has 0 fully saturated rings. The standard InChI is InChI=1S/C10H11F2NO2/c1-13-5-7(10(14)15)6-2-3-8(11)9(12)4-6/h2-4,7,13H,5H2,1H3,(H,14,15). The zero-order valence-electron chi connectivity index (χ0n) is 8.13. The Hall–Kier alpha value is -1.49. The maximum absolute atomic E-state index is 12.9.